The first kappa shape index (κ1) is 45.2. The van der Waals surface area contributed by atoms with Gasteiger partial charge in [-0.1, -0.05) is 63.5 Å². The van der Waals surface area contributed by atoms with E-state index in [4.69, 9.17) is 24.5 Å². The number of nitrogens with one attached hydrogen (secondary N) is 3. The normalized spacial score (nSPS) is 27.7. The maximum atomic E-state index is 13.0. The molecule has 1 aliphatic carbocycles. The summed E-state index contributed by atoms with van der Waals surface area (Å²) in [5.74, 6) is -1.41. The average Bonchev–Trinajstić information content (AvgIpc) is 3.09. The van der Waals surface area contributed by atoms with Crippen molar-refractivity contribution in [3.05, 3.63) is 59.7 Å². The van der Waals surface area contributed by atoms with Gasteiger partial charge in [0.1, 0.15) is 17.6 Å². The zero-order chi connectivity index (χ0) is 39.9. The Bertz CT molecular complexity index is 1590. The van der Waals surface area contributed by atoms with Crippen LogP contribution >= 0.6 is 0 Å². The number of allylic oxidation sites excluding steroid dienone is 2. The molecule has 53 heavy (non-hydrogen) atoms. The molecule has 0 aromatic heterocycles. The second kappa shape index (κ2) is 21.7. The number of primary amides is 1. The minimum absolute atomic E-state index is 0.0416. The summed E-state index contributed by atoms with van der Waals surface area (Å²) in [6.45, 7) is 11.1. The number of phenols is 2. The lowest BCUT2D eigenvalue weighted by Crippen LogP contribution is -2.37. The Labute approximate surface area is 313 Å². The van der Waals surface area contributed by atoms with Gasteiger partial charge in [-0.05, 0) is 51.0 Å². The maximum Gasteiger partial charge on any atom is 0.405 e. The van der Waals surface area contributed by atoms with Gasteiger partial charge in [0.25, 0.3) is 5.91 Å². The van der Waals surface area contributed by atoms with Crippen molar-refractivity contribution in [2.75, 3.05) is 31.4 Å². The SMILES string of the molecule is C=CCNc1c(O)cc2c(O)c1C[C@@H](C)C[C@H](OC)[C@H](O)[C@@H](C)/C=C(\C)[C@H](OC(N)=O)[C@@H](OC)/C=C\C=C(/C)C(=O)N2.O=S(=O)(O)NC1CCCCC1. The van der Waals surface area contributed by atoms with Gasteiger partial charge in [0.15, 0.2) is 6.10 Å². The van der Waals surface area contributed by atoms with Crippen molar-refractivity contribution in [2.24, 2.45) is 17.6 Å². The number of carbonyl (C=O) groups excluding carboxylic acids is 2. The third kappa shape index (κ3) is 14.8. The molecule has 1 aliphatic heterocycles. The number of phenolic OH excluding ortho intramolecular Hbond substituents is 2. The molecule has 1 aromatic carbocycles. The number of carbonyl (C=O) groups is 2. The summed E-state index contributed by atoms with van der Waals surface area (Å²) >= 11 is 0. The number of ether oxygens (including phenoxy) is 3. The Balaban J connectivity index is 0.000000751. The zero-order valence-electron chi connectivity index (χ0n) is 31.5. The number of nitrogens with two attached hydrogens (primary N) is 1. The number of rotatable bonds is 8. The standard InChI is InChI=1S/C31H45N3O8.C6H13NO3S/c1-8-12-33-26-21-13-17(2)14-25(41-7)27(36)19(4)15-20(5)29(42-31(32)39)24(40-6)11-9-10-18(3)30(38)34-22(28(21)37)16-23(26)35;8-11(9,10)7-6-4-2-1-3-5-6/h8-11,15-17,19,24-25,27,29,33,35-37H,1,12-14H2,2-7H3,(H2,32,39)(H,34,38);6-7H,1-5H2,(H,8,9,10)/b11-9-,18-10+,20-15+;/t17-,19+,24+,25+,27-,29+;/m1./s1. The number of methoxy groups -OCH3 is 2. The molecule has 16 heteroatoms. The molecule has 1 heterocycles. The number of aromatic hydroxyl groups is 2. The van der Waals surface area contributed by atoms with Gasteiger partial charge >= 0.3 is 16.4 Å². The number of benzene rings is 1. The molecule has 0 saturated heterocycles. The van der Waals surface area contributed by atoms with Crippen molar-refractivity contribution in [1.82, 2.24) is 4.72 Å². The molecule has 3 rings (SSSR count). The number of fused-ring (bicyclic) bond motifs is 2. The van der Waals surface area contributed by atoms with Crippen LogP contribution in [0.15, 0.2) is 54.2 Å². The van der Waals surface area contributed by atoms with E-state index in [0.29, 0.717) is 41.8 Å². The highest BCUT2D eigenvalue weighted by Crippen LogP contribution is 2.42. The predicted octanol–water partition coefficient (Wildman–Crippen LogP) is 4.87. The first-order valence-corrected chi connectivity index (χ1v) is 19.1. The molecule has 0 spiro atoms. The highest BCUT2D eigenvalue weighted by atomic mass is 32.2. The molecule has 2 amide bonds. The average molecular weight is 767 g/mol. The van der Waals surface area contributed by atoms with Gasteiger partial charge in [0.2, 0.25) is 0 Å². The second-order valence-corrected chi connectivity index (χ2v) is 14.8. The third-order valence-electron chi connectivity index (χ3n) is 9.18. The number of hydrogen-bond donors (Lipinski definition) is 8. The lowest BCUT2D eigenvalue weighted by molar-refractivity contribution is -0.112. The van der Waals surface area contributed by atoms with Gasteiger partial charge in [0.05, 0.1) is 23.6 Å². The fourth-order valence-corrected chi connectivity index (χ4v) is 7.07. The first-order chi connectivity index (χ1) is 24.9. The van der Waals surface area contributed by atoms with Crippen LogP contribution in [0.25, 0.3) is 0 Å². The monoisotopic (exact) mass is 766 g/mol. The van der Waals surface area contributed by atoms with E-state index in [-0.39, 0.29) is 29.1 Å². The van der Waals surface area contributed by atoms with Crippen LogP contribution in [-0.4, -0.2) is 91.5 Å². The van der Waals surface area contributed by atoms with Crippen LogP contribution in [0.3, 0.4) is 0 Å². The Morgan fingerprint density at radius 3 is 2.36 bits per heavy atom. The molecule has 15 nitrogen and oxygen atoms in total. The van der Waals surface area contributed by atoms with Crippen LogP contribution in [0.2, 0.25) is 0 Å². The first-order valence-electron chi connectivity index (χ1n) is 17.6. The number of amides is 2. The van der Waals surface area contributed by atoms with E-state index >= 15 is 0 Å². The van der Waals surface area contributed by atoms with Gasteiger partial charge in [-0.25, -0.2) is 4.79 Å². The molecule has 6 atom stereocenters. The van der Waals surface area contributed by atoms with E-state index < -0.39 is 52.6 Å². The van der Waals surface area contributed by atoms with Crippen molar-refractivity contribution >= 4 is 33.7 Å². The Morgan fingerprint density at radius 1 is 1.13 bits per heavy atom. The van der Waals surface area contributed by atoms with E-state index in [1.165, 1.54) is 32.8 Å². The highest BCUT2D eigenvalue weighted by molar-refractivity contribution is 7.83. The fourth-order valence-electron chi connectivity index (χ4n) is 6.41. The van der Waals surface area contributed by atoms with Gasteiger partial charge in [-0.2, -0.15) is 13.1 Å². The number of aliphatic hydroxyl groups excluding tert-OH is 1. The Hall–Kier alpha value is -3.93. The highest BCUT2D eigenvalue weighted by Gasteiger charge is 2.30. The largest absolute Gasteiger partial charge is 0.506 e. The lowest BCUT2D eigenvalue weighted by atomic mass is 9.87. The minimum atomic E-state index is -3.97. The van der Waals surface area contributed by atoms with Crippen LogP contribution in [0.1, 0.15) is 71.8 Å². The molecule has 0 radical (unpaired) electrons. The quantitative estimate of drug-likeness (QED) is 0.0766. The van der Waals surface area contributed by atoms with Crippen molar-refractivity contribution in [3.8, 4) is 11.5 Å². The molecule has 1 fully saturated rings. The summed E-state index contributed by atoms with van der Waals surface area (Å²) in [5.41, 5.74) is 7.01. The van der Waals surface area contributed by atoms with E-state index in [9.17, 15) is 33.3 Å². The third-order valence-corrected chi connectivity index (χ3v) is 9.81. The van der Waals surface area contributed by atoms with Crippen LogP contribution in [0.4, 0.5) is 16.2 Å². The van der Waals surface area contributed by atoms with Crippen LogP contribution in [0.5, 0.6) is 11.5 Å². The summed E-state index contributed by atoms with van der Waals surface area (Å²) in [7, 11) is -1.02. The van der Waals surface area contributed by atoms with E-state index in [0.717, 1.165) is 25.7 Å². The zero-order valence-corrected chi connectivity index (χ0v) is 32.3. The van der Waals surface area contributed by atoms with E-state index in [1.807, 2.05) is 13.8 Å². The molecule has 298 valence electrons. The summed E-state index contributed by atoms with van der Waals surface area (Å²) in [4.78, 5) is 24.7. The molecular formula is C37H58N4O11S. The molecule has 2 aliphatic rings. The van der Waals surface area contributed by atoms with Crippen molar-refractivity contribution in [1.29, 1.82) is 0 Å². The molecular weight excluding hydrogens is 708 g/mol. The predicted molar refractivity (Wildman–Crippen MR) is 204 cm³/mol. The summed E-state index contributed by atoms with van der Waals surface area (Å²) in [6, 6.07) is 1.24. The van der Waals surface area contributed by atoms with Crippen LogP contribution in [-0.2, 0) is 35.7 Å². The van der Waals surface area contributed by atoms with Crippen LogP contribution in [0, 0.1) is 11.8 Å². The second-order valence-electron chi connectivity index (χ2n) is 13.6. The van der Waals surface area contributed by atoms with E-state index in [1.54, 1.807) is 38.2 Å². The molecule has 1 aromatic rings. The topological polar surface area (TPSA) is 239 Å². The Kier molecular flexibility index (Phi) is 18.5. The van der Waals surface area contributed by atoms with Crippen molar-refractivity contribution in [3.63, 3.8) is 0 Å². The minimum Gasteiger partial charge on any atom is -0.506 e. The molecule has 9 N–H and O–H groups in total. The maximum absolute atomic E-state index is 13.0. The van der Waals surface area contributed by atoms with E-state index in [2.05, 4.69) is 21.9 Å². The van der Waals surface area contributed by atoms with Gasteiger partial charge < -0.3 is 45.9 Å². The summed E-state index contributed by atoms with van der Waals surface area (Å²) < 4.78 is 47.9. The van der Waals surface area contributed by atoms with Crippen molar-refractivity contribution in [2.45, 2.75) is 103 Å². The summed E-state index contributed by atoms with van der Waals surface area (Å²) in [6.07, 6.45) is 9.60. The van der Waals surface area contributed by atoms with Crippen LogP contribution < -0.4 is 21.1 Å². The van der Waals surface area contributed by atoms with Gasteiger partial charge in [0, 0.05) is 49.9 Å². The number of hydrogen-bond acceptors (Lipinski definition) is 11. The molecule has 0 unspecified atom stereocenters. The van der Waals surface area contributed by atoms with Crippen molar-refractivity contribution < 1.29 is 52.1 Å². The van der Waals surface area contributed by atoms with Gasteiger partial charge in [-0.15, -0.1) is 6.58 Å². The summed E-state index contributed by atoms with van der Waals surface area (Å²) in [5, 5.41) is 39.1. The smallest absolute Gasteiger partial charge is 0.405 e. The molecule has 2 bridgehead atoms. The van der Waals surface area contributed by atoms with Gasteiger partial charge in [-0.3, -0.25) is 9.35 Å². The lowest BCUT2D eigenvalue weighted by Gasteiger charge is -2.29. The number of aliphatic hydroxyl groups is 1. The number of anilines is 2. The molecule has 1 saturated carbocycles. The Morgan fingerprint density at radius 2 is 1.79 bits per heavy atom. The fraction of sp³-hybridized carbons (Fsp3) is 0.568.